The first-order chi connectivity index (χ1) is 16.9. The summed E-state index contributed by atoms with van der Waals surface area (Å²) >= 11 is 5.47. The molecule has 0 amide bonds. The summed E-state index contributed by atoms with van der Waals surface area (Å²) in [5.41, 5.74) is 0.263. The van der Waals surface area contributed by atoms with Crippen LogP contribution in [0.4, 0.5) is 0 Å². The van der Waals surface area contributed by atoms with Gasteiger partial charge in [0.05, 0.1) is 14.2 Å². The Morgan fingerprint density at radius 3 is 2.60 bits per heavy atom. The molecule has 0 saturated heterocycles. The average molecular weight is 503 g/mol. The van der Waals surface area contributed by atoms with Crippen LogP contribution in [0.15, 0.2) is 32.3 Å². The Kier molecular flexibility index (Phi) is 7.54. The summed E-state index contributed by atoms with van der Waals surface area (Å²) in [5.74, 6) is 4.73. The lowest BCUT2D eigenvalue weighted by Crippen LogP contribution is -2.21. The topological polar surface area (TPSA) is 152 Å². The summed E-state index contributed by atoms with van der Waals surface area (Å²) in [6, 6.07) is 5.83. The Morgan fingerprint density at radius 1 is 1.11 bits per heavy atom. The highest BCUT2D eigenvalue weighted by Crippen LogP contribution is 2.41. The number of imidazole rings is 1. The monoisotopic (exact) mass is 502 g/mol. The highest BCUT2D eigenvalue weighted by atomic mass is 35.5. The number of rotatable bonds is 8. The second-order valence-electron chi connectivity index (χ2n) is 8.50. The van der Waals surface area contributed by atoms with Gasteiger partial charge in [-0.15, -0.1) is 0 Å². The summed E-state index contributed by atoms with van der Waals surface area (Å²) in [6.07, 6.45) is 5.29. The molecule has 3 aromatic heterocycles. The van der Waals surface area contributed by atoms with E-state index >= 15 is 0 Å². The highest BCUT2D eigenvalue weighted by Gasteiger charge is 2.31. The lowest BCUT2D eigenvalue weighted by atomic mass is 10.1. The largest absolute Gasteiger partial charge is 0.493 e. The minimum absolute atomic E-state index is 0.0670. The third-order valence-corrected chi connectivity index (χ3v) is 6.10. The molecule has 1 aliphatic carbocycles. The van der Waals surface area contributed by atoms with Crippen LogP contribution in [-0.2, 0) is 12.8 Å². The summed E-state index contributed by atoms with van der Waals surface area (Å²) in [7, 11) is 3.26. The number of aryl methyl sites for hydroxylation is 1. The number of aromatic amines is 3. The number of fused-ring (bicyclic) bond motifs is 1. The van der Waals surface area contributed by atoms with Crippen LogP contribution in [0.25, 0.3) is 11.2 Å². The van der Waals surface area contributed by atoms with Crippen molar-refractivity contribution in [1.82, 2.24) is 30.1 Å². The smallest absolute Gasteiger partial charge is 0.327 e. The molecule has 5 rings (SSSR count). The van der Waals surface area contributed by atoms with E-state index in [2.05, 4.69) is 32.0 Å². The van der Waals surface area contributed by atoms with Crippen LogP contribution in [0.5, 0.6) is 11.5 Å². The number of ether oxygens (including phenoxy) is 2. The van der Waals surface area contributed by atoms with Crippen molar-refractivity contribution in [2.24, 2.45) is 11.8 Å². The summed E-state index contributed by atoms with van der Waals surface area (Å²) < 4.78 is 15.9. The van der Waals surface area contributed by atoms with Crippen molar-refractivity contribution in [2.45, 2.75) is 39.0 Å². The van der Waals surface area contributed by atoms with Crippen molar-refractivity contribution in [3.63, 3.8) is 0 Å². The van der Waals surface area contributed by atoms with E-state index < -0.39 is 11.2 Å². The first-order valence-corrected chi connectivity index (χ1v) is 11.6. The van der Waals surface area contributed by atoms with Crippen molar-refractivity contribution in [2.75, 3.05) is 14.2 Å². The molecule has 2 atom stereocenters. The Balaban J connectivity index is 0.000000201. The standard InChI is InChI=1S/C18H24N2O3.C5H3ClN4O2/c1-12-9-14(12)5-4-6-18-19-17(20-23-18)11-13-7-8-15(21-2)16(10-13)22-3;6-4-7-1-2(8-4)9-5(12)10-3(1)11/h7-8,10,12,14H,4-6,9,11H2,1-3H3;(H3,7,8,9,10,11,12). The van der Waals surface area contributed by atoms with Gasteiger partial charge < -0.3 is 19.0 Å². The van der Waals surface area contributed by atoms with Crippen LogP contribution >= 0.6 is 11.6 Å². The fourth-order valence-electron chi connectivity index (χ4n) is 3.86. The lowest BCUT2D eigenvalue weighted by Gasteiger charge is -2.08. The van der Waals surface area contributed by atoms with Crippen LogP contribution < -0.4 is 20.7 Å². The third kappa shape index (κ3) is 6.30. The lowest BCUT2D eigenvalue weighted by molar-refractivity contribution is 0.354. The molecule has 3 heterocycles. The summed E-state index contributed by atoms with van der Waals surface area (Å²) in [6.45, 7) is 2.32. The van der Waals surface area contributed by atoms with Crippen LogP contribution in [0, 0.1) is 11.8 Å². The predicted octanol–water partition coefficient (Wildman–Crippen LogP) is 3.25. The second-order valence-corrected chi connectivity index (χ2v) is 8.85. The molecule has 1 saturated carbocycles. The number of halogens is 1. The minimum atomic E-state index is -0.601. The molecule has 2 unspecified atom stereocenters. The van der Waals surface area contributed by atoms with Crippen LogP contribution in [-0.4, -0.2) is 44.3 Å². The van der Waals surface area contributed by atoms with Crippen LogP contribution in [0.1, 0.15) is 43.5 Å². The van der Waals surface area contributed by atoms with E-state index in [1.165, 1.54) is 12.8 Å². The number of methoxy groups -OCH3 is 2. The molecular weight excluding hydrogens is 476 g/mol. The van der Waals surface area contributed by atoms with Crippen LogP contribution in [0.2, 0.25) is 5.28 Å². The zero-order chi connectivity index (χ0) is 24.9. The molecule has 0 aliphatic heterocycles. The molecule has 11 nitrogen and oxygen atoms in total. The van der Waals surface area contributed by atoms with Crippen molar-refractivity contribution < 1.29 is 14.0 Å². The van der Waals surface area contributed by atoms with Crippen molar-refractivity contribution in [3.05, 3.63) is 61.6 Å². The zero-order valence-corrected chi connectivity index (χ0v) is 20.4. The van der Waals surface area contributed by atoms with E-state index in [9.17, 15) is 9.59 Å². The van der Waals surface area contributed by atoms with Gasteiger partial charge in [-0.2, -0.15) is 9.97 Å². The highest BCUT2D eigenvalue weighted by molar-refractivity contribution is 6.28. The van der Waals surface area contributed by atoms with E-state index in [-0.39, 0.29) is 16.4 Å². The second kappa shape index (κ2) is 10.8. The third-order valence-electron chi connectivity index (χ3n) is 5.92. The summed E-state index contributed by atoms with van der Waals surface area (Å²) in [4.78, 5) is 36.7. The molecule has 3 N–H and O–H groups in total. The van der Waals surface area contributed by atoms with Gasteiger partial charge >= 0.3 is 5.69 Å². The van der Waals surface area contributed by atoms with Gasteiger partial charge in [0.1, 0.15) is 0 Å². The number of nitrogens with one attached hydrogen (secondary N) is 3. The maximum atomic E-state index is 11.0. The molecule has 0 radical (unpaired) electrons. The molecule has 1 fully saturated rings. The molecule has 0 spiro atoms. The maximum Gasteiger partial charge on any atom is 0.327 e. The molecule has 0 bridgehead atoms. The number of hydrogen-bond acceptors (Lipinski definition) is 8. The number of hydrogen-bond donors (Lipinski definition) is 3. The Labute approximate surface area is 205 Å². The Bertz CT molecular complexity index is 1410. The van der Waals surface area contributed by atoms with Crippen molar-refractivity contribution in [1.29, 1.82) is 0 Å². The van der Waals surface area contributed by atoms with Gasteiger partial charge in [-0.3, -0.25) is 14.8 Å². The van der Waals surface area contributed by atoms with Gasteiger partial charge in [-0.25, -0.2) is 4.79 Å². The van der Waals surface area contributed by atoms with E-state index in [1.54, 1.807) is 14.2 Å². The fourth-order valence-corrected chi connectivity index (χ4v) is 4.04. The maximum absolute atomic E-state index is 11.0. The first kappa shape index (κ1) is 24.5. The van der Waals surface area contributed by atoms with Gasteiger partial charge in [0.15, 0.2) is 28.5 Å². The fraction of sp³-hybridized carbons (Fsp3) is 0.435. The van der Waals surface area contributed by atoms with Crippen molar-refractivity contribution in [3.8, 4) is 11.5 Å². The van der Waals surface area contributed by atoms with E-state index in [1.807, 2.05) is 23.2 Å². The molecular formula is C23H27ClN6O5. The number of nitrogens with zero attached hydrogens (tertiary/aromatic N) is 3. The van der Waals surface area contributed by atoms with E-state index in [0.717, 1.165) is 41.9 Å². The van der Waals surface area contributed by atoms with Crippen LogP contribution in [0.3, 0.4) is 0 Å². The zero-order valence-electron chi connectivity index (χ0n) is 19.7. The average Bonchev–Trinajstić information content (AvgIpc) is 3.17. The minimum Gasteiger partial charge on any atom is -0.493 e. The van der Waals surface area contributed by atoms with Gasteiger partial charge in [0, 0.05) is 12.8 Å². The molecule has 4 aromatic rings. The predicted molar refractivity (Wildman–Crippen MR) is 129 cm³/mol. The van der Waals surface area contributed by atoms with Gasteiger partial charge in [-0.1, -0.05) is 18.1 Å². The normalized spacial score (nSPS) is 16.6. The quantitative estimate of drug-likeness (QED) is 0.310. The SMILES string of the molecule is COc1ccc(Cc2noc(CCCC3CC3C)n2)cc1OC.O=c1[nH]c(=O)c2[nH]c(Cl)nc2[nH]1. The molecule has 1 aliphatic rings. The van der Waals surface area contributed by atoms with E-state index in [4.69, 9.17) is 25.6 Å². The van der Waals surface area contributed by atoms with Gasteiger partial charge in [0.25, 0.3) is 5.56 Å². The Morgan fingerprint density at radius 2 is 1.89 bits per heavy atom. The number of benzene rings is 1. The summed E-state index contributed by atoms with van der Waals surface area (Å²) in [5, 5.41) is 4.15. The van der Waals surface area contributed by atoms with Gasteiger partial charge in [0.2, 0.25) is 11.2 Å². The number of H-pyrrole nitrogens is 3. The molecule has 186 valence electrons. The Hall–Kier alpha value is -3.60. The number of aromatic nitrogens is 6. The van der Waals surface area contributed by atoms with Gasteiger partial charge in [-0.05, 0) is 60.4 Å². The molecule has 35 heavy (non-hydrogen) atoms. The van der Waals surface area contributed by atoms with Crippen molar-refractivity contribution >= 4 is 22.8 Å². The van der Waals surface area contributed by atoms with E-state index in [0.29, 0.717) is 18.0 Å². The molecule has 1 aromatic carbocycles. The molecule has 12 heteroatoms. The first-order valence-electron chi connectivity index (χ1n) is 11.3.